The van der Waals surface area contributed by atoms with Crippen LogP contribution in [0.1, 0.15) is 12.0 Å². The topological polar surface area (TPSA) is 89.9 Å². The normalized spacial score (nSPS) is 19.4. The minimum absolute atomic E-state index is 0.116. The van der Waals surface area contributed by atoms with Crippen LogP contribution in [0.5, 0.6) is 0 Å². The van der Waals surface area contributed by atoms with Gasteiger partial charge in [0.2, 0.25) is 0 Å². The molecule has 1 aromatic rings. The number of cyclic esters (lactones) is 2. The number of carbonyl (C=O) groups is 1. The van der Waals surface area contributed by atoms with Gasteiger partial charge in [-0.1, -0.05) is 18.2 Å². The van der Waals surface area contributed by atoms with E-state index in [-0.39, 0.29) is 17.6 Å². The zero-order valence-corrected chi connectivity index (χ0v) is 10.2. The molecule has 0 aliphatic carbocycles. The summed E-state index contributed by atoms with van der Waals surface area (Å²) < 4.78 is 40.8. The molecule has 98 valence electrons. The maximum absolute atomic E-state index is 11.1. The lowest BCUT2D eigenvalue weighted by Gasteiger charge is -2.09. The molecule has 1 N–H and O–H groups in total. The van der Waals surface area contributed by atoms with Crippen molar-refractivity contribution in [3.05, 3.63) is 29.8 Å². The molecule has 1 fully saturated rings. The average Bonchev–Trinajstić information content (AvgIpc) is 2.72. The molecule has 1 atom stereocenters. The molecule has 0 bridgehead atoms. The molecular weight excluding hydrogens is 260 g/mol. The summed E-state index contributed by atoms with van der Waals surface area (Å²) in [6.07, 6.45) is -0.259. The first-order chi connectivity index (χ1) is 8.47. The molecule has 18 heavy (non-hydrogen) atoms. The summed E-state index contributed by atoms with van der Waals surface area (Å²) in [6.45, 7) is 0.173. The zero-order chi connectivity index (χ0) is 13.2. The smallest absolute Gasteiger partial charge is 0.430 e. The van der Waals surface area contributed by atoms with Crippen molar-refractivity contribution in [3.8, 4) is 0 Å². The second-order valence-corrected chi connectivity index (χ2v) is 5.31. The van der Waals surface area contributed by atoms with E-state index in [0.717, 1.165) is 0 Å². The van der Waals surface area contributed by atoms with Gasteiger partial charge in [0.25, 0.3) is 10.1 Å². The number of benzene rings is 1. The molecular formula is C11H12O6S. The van der Waals surface area contributed by atoms with Gasteiger partial charge >= 0.3 is 6.16 Å². The summed E-state index contributed by atoms with van der Waals surface area (Å²) in [5.41, 5.74) is 0.489. The second-order valence-electron chi connectivity index (χ2n) is 3.92. The maximum atomic E-state index is 11.1. The molecule has 6 nitrogen and oxygen atoms in total. The molecule has 1 aliphatic heterocycles. The number of ether oxygens (including phenoxy) is 2. The predicted octanol–water partition coefficient (Wildman–Crippen LogP) is 1.40. The molecule has 0 spiro atoms. The average molecular weight is 272 g/mol. The van der Waals surface area contributed by atoms with Crippen molar-refractivity contribution in [3.63, 3.8) is 0 Å². The fourth-order valence-corrected chi connectivity index (χ4v) is 2.54. The third kappa shape index (κ3) is 2.99. The second kappa shape index (κ2) is 4.95. The number of rotatable bonds is 4. The van der Waals surface area contributed by atoms with Gasteiger partial charge in [0, 0.05) is 0 Å². The van der Waals surface area contributed by atoms with E-state index >= 15 is 0 Å². The minimum Gasteiger partial charge on any atom is -0.430 e. The highest BCUT2D eigenvalue weighted by Gasteiger charge is 2.25. The van der Waals surface area contributed by atoms with Crippen LogP contribution in [0.4, 0.5) is 4.79 Å². The van der Waals surface area contributed by atoms with Crippen LogP contribution >= 0.6 is 0 Å². The summed E-state index contributed by atoms with van der Waals surface area (Å²) in [6, 6.07) is 6.16. The highest BCUT2D eigenvalue weighted by atomic mass is 32.2. The van der Waals surface area contributed by atoms with E-state index in [1.165, 1.54) is 12.1 Å². The van der Waals surface area contributed by atoms with Crippen molar-refractivity contribution in [1.29, 1.82) is 0 Å². The molecule has 2 rings (SSSR count). The molecule has 0 saturated carbocycles. The van der Waals surface area contributed by atoms with Crippen molar-refractivity contribution in [2.24, 2.45) is 0 Å². The van der Waals surface area contributed by atoms with Gasteiger partial charge in [-0.15, -0.1) is 0 Å². The quantitative estimate of drug-likeness (QED) is 0.658. The summed E-state index contributed by atoms with van der Waals surface area (Å²) in [4.78, 5) is 10.6. The van der Waals surface area contributed by atoms with Crippen LogP contribution in [0.3, 0.4) is 0 Å². The number of hydrogen-bond acceptors (Lipinski definition) is 5. The molecule has 7 heteroatoms. The van der Waals surface area contributed by atoms with Gasteiger partial charge in [-0.25, -0.2) is 4.79 Å². The van der Waals surface area contributed by atoms with E-state index < -0.39 is 16.3 Å². The Bertz CT molecular complexity index is 550. The Morgan fingerprint density at radius 2 is 2.06 bits per heavy atom. The zero-order valence-electron chi connectivity index (χ0n) is 9.40. The van der Waals surface area contributed by atoms with Crippen LogP contribution in [0.2, 0.25) is 0 Å². The molecule has 1 saturated heterocycles. The Balaban J connectivity index is 2.08. The Hall–Kier alpha value is -1.60. The van der Waals surface area contributed by atoms with Crippen molar-refractivity contribution < 1.29 is 27.2 Å². The summed E-state index contributed by atoms with van der Waals surface area (Å²) in [5, 5.41) is 0. The van der Waals surface area contributed by atoms with Crippen LogP contribution in [-0.4, -0.2) is 31.8 Å². The highest BCUT2D eigenvalue weighted by Crippen LogP contribution is 2.19. The third-order valence-corrected chi connectivity index (χ3v) is 3.59. The number of aryl methyl sites for hydroxylation is 1. The lowest BCUT2D eigenvalue weighted by atomic mass is 10.1. The van der Waals surface area contributed by atoms with Gasteiger partial charge in [-0.3, -0.25) is 4.55 Å². The van der Waals surface area contributed by atoms with Gasteiger partial charge in [0.15, 0.2) is 0 Å². The molecule has 0 amide bonds. The van der Waals surface area contributed by atoms with Gasteiger partial charge in [0.1, 0.15) is 12.7 Å². The molecule has 0 aromatic heterocycles. The molecule has 1 unspecified atom stereocenters. The number of hydrogen-bond donors (Lipinski definition) is 1. The van der Waals surface area contributed by atoms with E-state index in [4.69, 9.17) is 9.29 Å². The minimum atomic E-state index is -4.23. The van der Waals surface area contributed by atoms with Gasteiger partial charge in [0.05, 0.1) is 4.90 Å². The van der Waals surface area contributed by atoms with Gasteiger partial charge < -0.3 is 9.47 Å². The van der Waals surface area contributed by atoms with Crippen LogP contribution in [-0.2, 0) is 26.0 Å². The van der Waals surface area contributed by atoms with E-state index in [1.807, 2.05) is 0 Å². The van der Waals surface area contributed by atoms with Crippen molar-refractivity contribution in [1.82, 2.24) is 0 Å². The van der Waals surface area contributed by atoms with E-state index in [0.29, 0.717) is 18.4 Å². The molecule has 1 aliphatic rings. The maximum Gasteiger partial charge on any atom is 0.508 e. The van der Waals surface area contributed by atoms with Crippen molar-refractivity contribution >= 4 is 16.3 Å². The van der Waals surface area contributed by atoms with Gasteiger partial charge in [-0.05, 0) is 24.5 Å². The lowest BCUT2D eigenvalue weighted by Crippen LogP contribution is -2.12. The summed E-state index contributed by atoms with van der Waals surface area (Å²) in [7, 11) is -4.23. The van der Waals surface area contributed by atoms with Crippen LogP contribution < -0.4 is 0 Å². The summed E-state index contributed by atoms with van der Waals surface area (Å²) >= 11 is 0. The van der Waals surface area contributed by atoms with E-state index in [9.17, 15) is 13.2 Å². The number of carbonyl (C=O) groups excluding carboxylic acids is 1. The fraction of sp³-hybridized carbons (Fsp3) is 0.364. The monoisotopic (exact) mass is 272 g/mol. The first kappa shape index (κ1) is 12.8. The first-order valence-corrected chi connectivity index (χ1v) is 6.79. The largest absolute Gasteiger partial charge is 0.508 e. The lowest BCUT2D eigenvalue weighted by molar-refractivity contribution is 0.116. The SMILES string of the molecule is O=C1OCC(CCc2ccccc2S(=O)(=O)O)O1. The Morgan fingerprint density at radius 3 is 2.67 bits per heavy atom. The van der Waals surface area contributed by atoms with Crippen LogP contribution in [0.15, 0.2) is 29.2 Å². The van der Waals surface area contributed by atoms with Gasteiger partial charge in [-0.2, -0.15) is 8.42 Å². The fourth-order valence-electron chi connectivity index (χ4n) is 1.79. The first-order valence-electron chi connectivity index (χ1n) is 5.35. The molecule has 1 aromatic carbocycles. The van der Waals surface area contributed by atoms with Crippen LogP contribution in [0, 0.1) is 0 Å². The van der Waals surface area contributed by atoms with E-state index in [1.54, 1.807) is 12.1 Å². The Morgan fingerprint density at radius 1 is 1.33 bits per heavy atom. The third-order valence-electron chi connectivity index (χ3n) is 2.64. The van der Waals surface area contributed by atoms with E-state index in [2.05, 4.69) is 4.74 Å². The predicted molar refractivity (Wildman–Crippen MR) is 60.8 cm³/mol. The Labute approximate surface area is 104 Å². The van der Waals surface area contributed by atoms with Crippen molar-refractivity contribution in [2.75, 3.05) is 6.61 Å². The standard InChI is InChI=1S/C11H12O6S/c12-11-16-7-9(17-11)6-5-8-3-1-2-4-10(8)18(13,14)15/h1-4,9H,5-7H2,(H,13,14,15). The summed E-state index contributed by atoms with van der Waals surface area (Å²) in [5.74, 6) is 0. The Kier molecular flexibility index (Phi) is 3.53. The molecule has 1 heterocycles. The van der Waals surface area contributed by atoms with Crippen molar-refractivity contribution in [2.45, 2.75) is 23.8 Å². The molecule has 0 radical (unpaired) electrons. The van der Waals surface area contributed by atoms with Crippen LogP contribution in [0.25, 0.3) is 0 Å². The highest BCUT2D eigenvalue weighted by molar-refractivity contribution is 7.85.